The highest BCUT2D eigenvalue weighted by molar-refractivity contribution is 5.83. The van der Waals surface area contributed by atoms with E-state index in [0.717, 1.165) is 17.8 Å². The third kappa shape index (κ3) is 2.94. The van der Waals surface area contributed by atoms with E-state index in [0.29, 0.717) is 0 Å². The number of nitrogens with one attached hydrogen (secondary N) is 1. The zero-order valence-corrected chi connectivity index (χ0v) is 10.9. The number of benzene rings is 1. The maximum absolute atomic E-state index is 11.7. The summed E-state index contributed by atoms with van der Waals surface area (Å²) in [7, 11) is 0. The van der Waals surface area contributed by atoms with Crippen LogP contribution in [0.4, 0.5) is 0 Å². The van der Waals surface area contributed by atoms with Gasteiger partial charge in [0.25, 0.3) is 0 Å². The number of aliphatic hydroxyl groups is 1. The van der Waals surface area contributed by atoms with E-state index in [1.807, 2.05) is 24.3 Å². The molecule has 0 fully saturated rings. The largest absolute Gasteiger partial charge is 0.479 e. The molecule has 0 radical (unpaired) electrons. The number of amides is 1. The molecule has 0 saturated heterocycles. The molecule has 1 amide bonds. The molecule has 3 N–H and O–H groups in total. The third-order valence-corrected chi connectivity index (χ3v) is 2.93. The lowest BCUT2D eigenvalue weighted by atomic mass is 10.1. The number of carbonyl (C=O) groups excluding carboxylic acids is 1. The van der Waals surface area contributed by atoms with Gasteiger partial charge in [0, 0.05) is 5.39 Å². The Morgan fingerprint density at radius 3 is 2.80 bits per heavy atom. The number of rotatable bonds is 5. The molecule has 0 aliphatic heterocycles. The van der Waals surface area contributed by atoms with E-state index in [1.165, 1.54) is 4.68 Å². The number of hydrogen-bond donors (Lipinski definition) is 3. The highest BCUT2D eigenvalue weighted by Gasteiger charge is 2.30. The second-order valence-electron chi connectivity index (χ2n) is 4.72. The third-order valence-electron chi connectivity index (χ3n) is 2.93. The molecule has 0 aliphatic rings. The number of carbonyl (C=O) groups is 2. The van der Waals surface area contributed by atoms with E-state index in [-0.39, 0.29) is 13.1 Å². The lowest BCUT2D eigenvalue weighted by molar-refractivity contribution is -0.156. The van der Waals surface area contributed by atoms with Crippen molar-refractivity contribution in [1.29, 1.82) is 0 Å². The summed E-state index contributed by atoms with van der Waals surface area (Å²) in [4.78, 5) is 22.5. The minimum absolute atomic E-state index is 0.0385. The molecule has 7 nitrogen and oxygen atoms in total. The number of aliphatic carboxylic acids is 1. The molecule has 0 aliphatic carbocycles. The Bertz CT molecular complexity index is 648. The van der Waals surface area contributed by atoms with Crippen LogP contribution >= 0.6 is 0 Å². The first-order chi connectivity index (χ1) is 9.40. The van der Waals surface area contributed by atoms with Gasteiger partial charge in [0.2, 0.25) is 5.91 Å². The number of hydrogen-bond acceptors (Lipinski definition) is 4. The van der Waals surface area contributed by atoms with Crippen LogP contribution in [-0.2, 0) is 16.1 Å². The molecule has 2 aromatic rings. The van der Waals surface area contributed by atoms with Gasteiger partial charge in [-0.3, -0.25) is 9.48 Å². The normalized spacial score (nSPS) is 13.9. The molecule has 2 rings (SSSR count). The monoisotopic (exact) mass is 277 g/mol. The summed E-state index contributed by atoms with van der Waals surface area (Å²) >= 11 is 0. The van der Waals surface area contributed by atoms with Crippen molar-refractivity contribution in [2.75, 3.05) is 6.54 Å². The van der Waals surface area contributed by atoms with E-state index in [9.17, 15) is 14.7 Å². The van der Waals surface area contributed by atoms with Crippen LogP contribution in [0.1, 0.15) is 6.92 Å². The number of para-hydroxylation sites is 1. The van der Waals surface area contributed by atoms with Gasteiger partial charge >= 0.3 is 5.97 Å². The van der Waals surface area contributed by atoms with Crippen molar-refractivity contribution in [2.45, 2.75) is 19.1 Å². The van der Waals surface area contributed by atoms with Gasteiger partial charge in [-0.15, -0.1) is 0 Å². The van der Waals surface area contributed by atoms with E-state index in [4.69, 9.17) is 5.11 Å². The summed E-state index contributed by atoms with van der Waals surface area (Å²) in [6.07, 6.45) is 1.65. The zero-order chi connectivity index (χ0) is 14.8. The standard InChI is InChI=1S/C13H15N3O4/c1-13(20,12(18)19)8-14-11(17)7-16-10-5-3-2-4-9(10)6-15-16/h2-6,20H,7-8H2,1H3,(H,14,17)(H,18,19). The summed E-state index contributed by atoms with van der Waals surface area (Å²) in [5.74, 6) is -1.80. The van der Waals surface area contributed by atoms with Crippen molar-refractivity contribution < 1.29 is 19.8 Å². The fourth-order valence-electron chi connectivity index (χ4n) is 1.69. The van der Waals surface area contributed by atoms with Crippen LogP contribution in [0.25, 0.3) is 10.9 Å². The maximum atomic E-state index is 11.7. The van der Waals surface area contributed by atoms with Gasteiger partial charge in [0.15, 0.2) is 5.60 Å². The van der Waals surface area contributed by atoms with Crippen LogP contribution in [0.5, 0.6) is 0 Å². The number of carboxylic acid groups (broad SMARTS) is 1. The Morgan fingerprint density at radius 2 is 2.10 bits per heavy atom. The number of fused-ring (bicyclic) bond motifs is 1. The summed E-state index contributed by atoms with van der Waals surface area (Å²) in [6, 6.07) is 7.43. The summed E-state index contributed by atoms with van der Waals surface area (Å²) in [5, 5.41) is 25.6. The molecule has 0 spiro atoms. The van der Waals surface area contributed by atoms with Crippen LogP contribution in [0.15, 0.2) is 30.5 Å². The van der Waals surface area contributed by atoms with Crippen LogP contribution in [0.3, 0.4) is 0 Å². The quantitative estimate of drug-likeness (QED) is 0.713. The number of aromatic nitrogens is 2. The van der Waals surface area contributed by atoms with Crippen molar-refractivity contribution in [3.63, 3.8) is 0 Å². The molecular weight excluding hydrogens is 262 g/mol. The van der Waals surface area contributed by atoms with Gasteiger partial charge in [-0.05, 0) is 13.0 Å². The van der Waals surface area contributed by atoms with Gasteiger partial charge in [0.05, 0.1) is 18.3 Å². The van der Waals surface area contributed by atoms with Crippen molar-refractivity contribution in [1.82, 2.24) is 15.1 Å². The van der Waals surface area contributed by atoms with Gasteiger partial charge < -0.3 is 15.5 Å². The minimum Gasteiger partial charge on any atom is -0.479 e. The van der Waals surface area contributed by atoms with E-state index in [2.05, 4.69) is 10.4 Å². The van der Waals surface area contributed by atoms with Gasteiger partial charge in [0.1, 0.15) is 6.54 Å². The van der Waals surface area contributed by atoms with Crippen LogP contribution in [-0.4, -0.2) is 44.0 Å². The molecule has 0 saturated carbocycles. The second-order valence-corrected chi connectivity index (χ2v) is 4.72. The molecule has 7 heteroatoms. The average Bonchev–Trinajstić information content (AvgIpc) is 2.80. The van der Waals surface area contributed by atoms with Crippen molar-refractivity contribution >= 4 is 22.8 Å². The van der Waals surface area contributed by atoms with Gasteiger partial charge in [-0.1, -0.05) is 18.2 Å². The average molecular weight is 277 g/mol. The highest BCUT2D eigenvalue weighted by Crippen LogP contribution is 2.12. The molecule has 0 bridgehead atoms. The summed E-state index contributed by atoms with van der Waals surface area (Å²) in [6.45, 7) is 0.725. The van der Waals surface area contributed by atoms with E-state index >= 15 is 0 Å². The highest BCUT2D eigenvalue weighted by atomic mass is 16.4. The first-order valence-corrected chi connectivity index (χ1v) is 6.03. The van der Waals surface area contributed by atoms with Gasteiger partial charge in [-0.25, -0.2) is 4.79 Å². The van der Waals surface area contributed by atoms with E-state index < -0.39 is 17.5 Å². The fraction of sp³-hybridized carbons (Fsp3) is 0.308. The Balaban J connectivity index is 2.00. The SMILES string of the molecule is CC(O)(CNC(=O)Cn1ncc2ccccc21)C(=O)O. The summed E-state index contributed by atoms with van der Waals surface area (Å²) in [5.41, 5.74) is -1.17. The van der Waals surface area contributed by atoms with Crippen LogP contribution in [0.2, 0.25) is 0 Å². The molecule has 20 heavy (non-hydrogen) atoms. The van der Waals surface area contributed by atoms with E-state index in [1.54, 1.807) is 6.20 Å². The molecule has 1 unspecified atom stereocenters. The fourth-order valence-corrected chi connectivity index (χ4v) is 1.69. The van der Waals surface area contributed by atoms with Crippen LogP contribution < -0.4 is 5.32 Å². The van der Waals surface area contributed by atoms with Crippen molar-refractivity contribution in [3.8, 4) is 0 Å². The molecule has 1 aromatic heterocycles. The lowest BCUT2D eigenvalue weighted by Gasteiger charge is -2.18. The maximum Gasteiger partial charge on any atom is 0.337 e. The summed E-state index contributed by atoms with van der Waals surface area (Å²) < 4.78 is 1.51. The zero-order valence-electron chi connectivity index (χ0n) is 10.9. The second kappa shape index (κ2) is 5.30. The predicted octanol–water partition coefficient (Wildman–Crippen LogP) is -0.0119. The molecule has 1 aromatic carbocycles. The lowest BCUT2D eigenvalue weighted by Crippen LogP contribution is -2.47. The van der Waals surface area contributed by atoms with Gasteiger partial charge in [-0.2, -0.15) is 5.10 Å². The number of carboxylic acids is 1. The molecule has 106 valence electrons. The topological polar surface area (TPSA) is 104 Å². The Morgan fingerprint density at radius 1 is 1.40 bits per heavy atom. The molecule has 1 heterocycles. The Labute approximate surface area is 114 Å². The number of nitrogens with zero attached hydrogens (tertiary/aromatic N) is 2. The first-order valence-electron chi connectivity index (χ1n) is 6.03. The minimum atomic E-state index is -1.98. The van der Waals surface area contributed by atoms with Crippen molar-refractivity contribution in [2.24, 2.45) is 0 Å². The Hall–Kier alpha value is -2.41. The van der Waals surface area contributed by atoms with Crippen LogP contribution in [0, 0.1) is 0 Å². The smallest absolute Gasteiger partial charge is 0.337 e. The molecule has 1 atom stereocenters. The predicted molar refractivity (Wildman–Crippen MR) is 71.0 cm³/mol. The first kappa shape index (κ1) is 14.0. The van der Waals surface area contributed by atoms with Crippen molar-refractivity contribution in [3.05, 3.63) is 30.5 Å². The Kier molecular flexibility index (Phi) is 3.71. The molecular formula is C13H15N3O4.